The van der Waals surface area contributed by atoms with E-state index in [-0.39, 0.29) is 24.5 Å². The topological polar surface area (TPSA) is 92.2 Å². The molecule has 1 aromatic heterocycles. The fraction of sp³-hybridized carbons (Fsp3) is 0.690. The van der Waals surface area contributed by atoms with Crippen LogP contribution in [0.5, 0.6) is 5.75 Å². The van der Waals surface area contributed by atoms with Gasteiger partial charge < -0.3 is 24.4 Å². The number of carbonyl (C=O) groups excluding carboxylic acids is 2. The van der Waals surface area contributed by atoms with E-state index in [4.69, 9.17) is 9.47 Å². The van der Waals surface area contributed by atoms with Crippen LogP contribution in [0.25, 0.3) is 5.57 Å². The van der Waals surface area contributed by atoms with Crippen molar-refractivity contribution in [1.29, 1.82) is 0 Å². The van der Waals surface area contributed by atoms with E-state index in [9.17, 15) is 14.7 Å². The van der Waals surface area contributed by atoms with Gasteiger partial charge in [-0.2, -0.15) is 0 Å². The second-order valence-electron chi connectivity index (χ2n) is 11.8. The Balaban J connectivity index is 1.19. The third-order valence-electron chi connectivity index (χ3n) is 7.76. The van der Waals surface area contributed by atoms with Crippen molar-refractivity contribution < 1.29 is 24.2 Å². The van der Waals surface area contributed by atoms with Gasteiger partial charge in [-0.25, -0.2) is 4.79 Å². The molecule has 8 heteroatoms. The number of aromatic nitrogens is 1. The molecule has 0 spiro atoms. The van der Waals surface area contributed by atoms with E-state index >= 15 is 0 Å². The Hall–Kier alpha value is -2.61. The number of amides is 2. The molecular weight excluding hydrogens is 470 g/mol. The molecule has 4 rings (SSSR count). The number of hydrogen-bond donors (Lipinski definition) is 1. The Labute approximate surface area is 221 Å². The van der Waals surface area contributed by atoms with Crippen LogP contribution in [-0.4, -0.2) is 76.9 Å². The van der Waals surface area contributed by atoms with Gasteiger partial charge in [-0.05, 0) is 95.3 Å². The summed E-state index contributed by atoms with van der Waals surface area (Å²) in [4.78, 5) is 33.6. The minimum absolute atomic E-state index is 0.0544. The predicted octanol–water partition coefficient (Wildman–Crippen LogP) is 4.52. The smallest absolute Gasteiger partial charge is 0.410 e. The molecule has 1 unspecified atom stereocenters. The van der Waals surface area contributed by atoms with Gasteiger partial charge in [-0.15, -0.1) is 0 Å². The molecule has 37 heavy (non-hydrogen) atoms. The first-order chi connectivity index (χ1) is 17.7. The second kappa shape index (κ2) is 12.3. The van der Waals surface area contributed by atoms with Gasteiger partial charge in [-0.3, -0.25) is 9.78 Å². The summed E-state index contributed by atoms with van der Waals surface area (Å²) in [7, 11) is 0. The minimum Gasteiger partial charge on any atom is -0.492 e. The standard InChI is InChI=1S/C29H43N3O5/c1-29(2,3)37-28(35)32-16-12-22(13-17-32)20-36-25-8-9-26(30-18-25)23-4-6-24(7-5-23)27(34)31-14-10-21(19-33)11-15-31/h4,8-9,18,21-22,24,33H,5-7,10-17,19-20H2,1-3H3. The van der Waals surface area contributed by atoms with Gasteiger partial charge in [0.25, 0.3) is 0 Å². The van der Waals surface area contributed by atoms with Crippen molar-refractivity contribution >= 4 is 17.6 Å². The van der Waals surface area contributed by atoms with Crippen molar-refractivity contribution in [3.63, 3.8) is 0 Å². The number of carbonyl (C=O) groups is 2. The van der Waals surface area contributed by atoms with Gasteiger partial charge in [0.2, 0.25) is 5.91 Å². The normalized spacial score (nSPS) is 21.9. The van der Waals surface area contributed by atoms with Gasteiger partial charge in [-0.1, -0.05) is 6.08 Å². The molecule has 2 aliphatic heterocycles. The van der Waals surface area contributed by atoms with Crippen molar-refractivity contribution in [2.45, 2.75) is 71.3 Å². The Morgan fingerprint density at radius 3 is 2.24 bits per heavy atom. The highest BCUT2D eigenvalue weighted by atomic mass is 16.6. The van der Waals surface area contributed by atoms with Crippen LogP contribution < -0.4 is 4.74 Å². The number of aliphatic hydroxyl groups is 1. The molecule has 0 bridgehead atoms. The fourth-order valence-electron chi connectivity index (χ4n) is 5.36. The van der Waals surface area contributed by atoms with Gasteiger partial charge >= 0.3 is 6.09 Å². The number of ether oxygens (including phenoxy) is 2. The number of hydrogen-bond acceptors (Lipinski definition) is 6. The third-order valence-corrected chi connectivity index (χ3v) is 7.76. The van der Waals surface area contributed by atoms with E-state index in [1.165, 1.54) is 5.57 Å². The van der Waals surface area contributed by atoms with Gasteiger partial charge in [0.15, 0.2) is 0 Å². The van der Waals surface area contributed by atoms with Crippen LogP contribution in [0.3, 0.4) is 0 Å². The number of rotatable bonds is 6. The fourth-order valence-corrected chi connectivity index (χ4v) is 5.36. The highest BCUT2D eigenvalue weighted by molar-refractivity contribution is 5.80. The summed E-state index contributed by atoms with van der Waals surface area (Å²) < 4.78 is 11.5. The van der Waals surface area contributed by atoms with Crippen LogP contribution >= 0.6 is 0 Å². The molecule has 3 aliphatic rings. The molecule has 1 aromatic rings. The zero-order valence-corrected chi connectivity index (χ0v) is 22.7. The quantitative estimate of drug-likeness (QED) is 0.601. The summed E-state index contributed by atoms with van der Waals surface area (Å²) in [5.41, 5.74) is 1.68. The lowest BCUT2D eigenvalue weighted by atomic mass is 9.86. The lowest BCUT2D eigenvalue weighted by Gasteiger charge is -2.34. The van der Waals surface area contributed by atoms with E-state index < -0.39 is 5.60 Å². The van der Waals surface area contributed by atoms with E-state index in [1.807, 2.05) is 37.8 Å². The first-order valence-corrected chi connectivity index (χ1v) is 13.9. The molecule has 0 radical (unpaired) electrons. The Morgan fingerprint density at radius 2 is 1.68 bits per heavy atom. The zero-order chi connectivity index (χ0) is 26.4. The van der Waals surface area contributed by atoms with Gasteiger partial charge in [0.1, 0.15) is 11.4 Å². The van der Waals surface area contributed by atoms with Crippen LogP contribution in [0.1, 0.15) is 71.4 Å². The molecule has 1 atom stereocenters. The summed E-state index contributed by atoms with van der Waals surface area (Å²) in [6.07, 6.45) is 9.80. The third kappa shape index (κ3) is 7.69. The van der Waals surface area contributed by atoms with Crippen LogP contribution in [0.4, 0.5) is 4.79 Å². The number of pyridine rings is 1. The van der Waals surface area contributed by atoms with Crippen LogP contribution in [0.2, 0.25) is 0 Å². The minimum atomic E-state index is -0.471. The van der Waals surface area contributed by atoms with Crippen molar-refractivity contribution in [2.75, 3.05) is 39.4 Å². The van der Waals surface area contributed by atoms with Crippen molar-refractivity contribution in [2.24, 2.45) is 17.8 Å². The second-order valence-corrected chi connectivity index (χ2v) is 11.8. The average molecular weight is 514 g/mol. The largest absolute Gasteiger partial charge is 0.492 e. The van der Waals surface area contributed by atoms with E-state index in [0.29, 0.717) is 31.5 Å². The highest BCUT2D eigenvalue weighted by Crippen LogP contribution is 2.32. The Kier molecular flexibility index (Phi) is 9.11. The molecule has 204 valence electrons. The molecule has 1 aliphatic carbocycles. The van der Waals surface area contributed by atoms with Crippen LogP contribution in [-0.2, 0) is 9.53 Å². The maximum Gasteiger partial charge on any atom is 0.410 e. The molecular formula is C29H43N3O5. The zero-order valence-electron chi connectivity index (χ0n) is 22.7. The number of nitrogens with zero attached hydrogens (tertiary/aromatic N) is 3. The first kappa shape index (κ1) is 27.4. The highest BCUT2D eigenvalue weighted by Gasteiger charge is 2.30. The molecule has 0 aromatic carbocycles. The maximum absolute atomic E-state index is 12.9. The summed E-state index contributed by atoms with van der Waals surface area (Å²) in [6, 6.07) is 3.98. The molecule has 0 saturated carbocycles. The molecule has 2 amide bonds. The number of allylic oxidation sites excluding steroid dienone is 2. The first-order valence-electron chi connectivity index (χ1n) is 13.9. The lowest BCUT2D eigenvalue weighted by Crippen LogP contribution is -2.42. The summed E-state index contributed by atoms with van der Waals surface area (Å²) in [6.45, 7) is 9.42. The van der Waals surface area contributed by atoms with E-state index in [1.54, 1.807) is 11.1 Å². The Bertz CT molecular complexity index is 939. The van der Waals surface area contributed by atoms with Gasteiger partial charge in [0.05, 0.1) is 18.5 Å². The number of aliphatic hydroxyl groups excluding tert-OH is 1. The maximum atomic E-state index is 12.9. The van der Waals surface area contributed by atoms with Crippen LogP contribution in [0.15, 0.2) is 24.4 Å². The van der Waals surface area contributed by atoms with Crippen molar-refractivity contribution in [1.82, 2.24) is 14.8 Å². The van der Waals surface area contributed by atoms with Crippen molar-refractivity contribution in [3.8, 4) is 5.75 Å². The SMILES string of the molecule is CC(C)(C)OC(=O)N1CCC(COc2ccc(C3=CCC(C(=O)N4CCC(CO)CC4)CC3)nc2)CC1. The van der Waals surface area contributed by atoms with Gasteiger partial charge in [0, 0.05) is 38.7 Å². The average Bonchev–Trinajstić information content (AvgIpc) is 2.91. The van der Waals surface area contributed by atoms with Crippen LogP contribution in [0, 0.1) is 17.8 Å². The molecule has 2 saturated heterocycles. The Morgan fingerprint density at radius 1 is 1.00 bits per heavy atom. The lowest BCUT2D eigenvalue weighted by molar-refractivity contribution is -0.137. The predicted molar refractivity (Wildman–Crippen MR) is 142 cm³/mol. The monoisotopic (exact) mass is 513 g/mol. The number of likely N-dealkylation sites (tertiary alicyclic amines) is 2. The van der Waals surface area contributed by atoms with Crippen molar-refractivity contribution in [3.05, 3.63) is 30.1 Å². The summed E-state index contributed by atoms with van der Waals surface area (Å²) in [5.74, 6) is 1.83. The summed E-state index contributed by atoms with van der Waals surface area (Å²) >= 11 is 0. The molecule has 1 N–H and O–H groups in total. The molecule has 2 fully saturated rings. The molecule has 3 heterocycles. The summed E-state index contributed by atoms with van der Waals surface area (Å²) in [5, 5.41) is 9.32. The van der Waals surface area contributed by atoms with E-state index in [0.717, 1.165) is 69.5 Å². The van der Waals surface area contributed by atoms with E-state index in [2.05, 4.69) is 11.1 Å². The number of piperidine rings is 2. The molecule has 8 nitrogen and oxygen atoms in total.